The van der Waals surface area contributed by atoms with Gasteiger partial charge in [0.2, 0.25) is 0 Å². The van der Waals surface area contributed by atoms with Crippen molar-refractivity contribution in [1.82, 2.24) is 4.98 Å². The first-order valence-electron chi connectivity index (χ1n) is 2.00. The van der Waals surface area contributed by atoms with Crippen LogP contribution in [0.5, 0.6) is 5.06 Å². The van der Waals surface area contributed by atoms with Crippen LogP contribution in [0, 0.1) is 0 Å². The number of rotatable bonds is 2. The van der Waals surface area contributed by atoms with Crippen LogP contribution in [0.4, 0.5) is 0 Å². The maximum absolute atomic E-state index is 5.09. The number of halogens is 1. The van der Waals surface area contributed by atoms with Crippen LogP contribution in [0.25, 0.3) is 0 Å². The highest BCUT2D eigenvalue weighted by atomic mass is 127. The maximum atomic E-state index is 5.09. The van der Waals surface area contributed by atoms with E-state index >= 15 is 0 Å². The Morgan fingerprint density at radius 1 is 1.88 bits per heavy atom. The fourth-order valence-corrected chi connectivity index (χ4v) is 1.35. The number of thiazole rings is 1. The molecule has 0 aliphatic heterocycles. The lowest BCUT2D eigenvalue weighted by atomic mass is 10.9. The highest BCUT2D eigenvalue weighted by Crippen LogP contribution is 2.15. The summed E-state index contributed by atoms with van der Waals surface area (Å²) in [6.07, 6.45) is 1.71. The molecule has 0 saturated carbocycles. The van der Waals surface area contributed by atoms with Gasteiger partial charge in [0.15, 0.2) is 5.06 Å². The number of alkyl halides is 1. The summed E-state index contributed by atoms with van der Waals surface area (Å²) in [5.74, 6) is 0. The minimum atomic E-state index is 0.694. The highest BCUT2D eigenvalue weighted by Gasteiger charge is 1.88. The molecule has 0 atom stereocenters. The van der Waals surface area contributed by atoms with Crippen LogP contribution < -0.4 is 4.74 Å². The summed E-state index contributed by atoms with van der Waals surface area (Å²) in [7, 11) is 0. The number of aromatic nitrogens is 1. The first-order valence-corrected chi connectivity index (χ1v) is 4.41. The summed E-state index contributed by atoms with van der Waals surface area (Å²) in [6, 6.07) is 0. The van der Waals surface area contributed by atoms with E-state index in [0.29, 0.717) is 4.61 Å². The molecule has 0 fully saturated rings. The molecule has 0 saturated heterocycles. The van der Waals surface area contributed by atoms with Crippen molar-refractivity contribution in [1.29, 1.82) is 0 Å². The Labute approximate surface area is 65.0 Å². The summed E-state index contributed by atoms with van der Waals surface area (Å²) in [4.78, 5) is 3.83. The molecule has 2 nitrogen and oxygen atoms in total. The third-order valence-electron chi connectivity index (χ3n) is 0.606. The fraction of sp³-hybridized carbons (Fsp3) is 0.250. The minimum absolute atomic E-state index is 0.694. The fourth-order valence-electron chi connectivity index (χ4n) is 0.329. The summed E-state index contributed by atoms with van der Waals surface area (Å²) in [6.45, 7) is 0. The molecule has 0 unspecified atom stereocenters. The number of hydrogen-bond acceptors (Lipinski definition) is 3. The predicted octanol–water partition coefficient (Wildman–Crippen LogP) is 1.91. The van der Waals surface area contributed by atoms with Crippen molar-refractivity contribution in [2.45, 2.75) is 0 Å². The Hall–Kier alpha value is 0.160. The topological polar surface area (TPSA) is 22.1 Å². The third-order valence-corrected chi connectivity index (χ3v) is 1.60. The van der Waals surface area contributed by atoms with E-state index in [1.807, 2.05) is 0 Å². The molecule has 1 aromatic heterocycles. The molecule has 1 heterocycles. The quantitative estimate of drug-likeness (QED) is 0.582. The van der Waals surface area contributed by atoms with E-state index in [4.69, 9.17) is 4.74 Å². The SMILES string of the molecule is ICOc1cncs1. The minimum Gasteiger partial charge on any atom is -0.472 e. The van der Waals surface area contributed by atoms with E-state index in [0.717, 1.165) is 5.06 Å². The van der Waals surface area contributed by atoms with Gasteiger partial charge in [0.1, 0.15) is 4.61 Å². The average molecular weight is 241 g/mol. The van der Waals surface area contributed by atoms with E-state index in [2.05, 4.69) is 27.6 Å². The second-order valence-corrected chi connectivity index (χ2v) is 2.55. The largest absolute Gasteiger partial charge is 0.472 e. The Morgan fingerprint density at radius 3 is 3.25 bits per heavy atom. The first kappa shape index (κ1) is 6.28. The molecule has 0 aromatic carbocycles. The van der Waals surface area contributed by atoms with E-state index in [-0.39, 0.29) is 0 Å². The predicted molar refractivity (Wildman–Crippen MR) is 41.6 cm³/mol. The molecule has 4 heteroatoms. The second kappa shape index (κ2) is 3.24. The van der Waals surface area contributed by atoms with Crippen molar-refractivity contribution >= 4 is 33.9 Å². The molecular weight excluding hydrogens is 237 g/mol. The first-order chi connectivity index (χ1) is 3.93. The van der Waals surface area contributed by atoms with Gasteiger partial charge in [0, 0.05) is 0 Å². The molecule has 8 heavy (non-hydrogen) atoms. The normalized spacial score (nSPS) is 9.12. The van der Waals surface area contributed by atoms with Gasteiger partial charge in [-0.05, 0) is 22.6 Å². The van der Waals surface area contributed by atoms with E-state index in [1.165, 1.54) is 11.3 Å². The van der Waals surface area contributed by atoms with Crippen LogP contribution >= 0.6 is 33.9 Å². The van der Waals surface area contributed by atoms with E-state index in [1.54, 1.807) is 11.7 Å². The van der Waals surface area contributed by atoms with Crippen molar-refractivity contribution in [3.63, 3.8) is 0 Å². The Kier molecular flexibility index (Phi) is 2.54. The lowest BCUT2D eigenvalue weighted by molar-refractivity contribution is 0.415. The van der Waals surface area contributed by atoms with E-state index < -0.39 is 0 Å². The zero-order valence-electron chi connectivity index (χ0n) is 4.00. The van der Waals surface area contributed by atoms with Crippen LogP contribution in [-0.2, 0) is 0 Å². The molecule has 0 aliphatic carbocycles. The summed E-state index contributed by atoms with van der Waals surface area (Å²) in [5, 5.41) is 0.888. The van der Waals surface area contributed by atoms with Crippen LogP contribution in [-0.4, -0.2) is 9.60 Å². The summed E-state index contributed by atoms with van der Waals surface area (Å²) >= 11 is 3.65. The van der Waals surface area contributed by atoms with Crippen molar-refractivity contribution in [3.8, 4) is 5.06 Å². The van der Waals surface area contributed by atoms with Crippen molar-refractivity contribution in [3.05, 3.63) is 11.7 Å². The Morgan fingerprint density at radius 2 is 2.75 bits per heavy atom. The maximum Gasteiger partial charge on any atom is 0.194 e. The van der Waals surface area contributed by atoms with Gasteiger partial charge in [-0.3, -0.25) is 0 Å². The van der Waals surface area contributed by atoms with Gasteiger partial charge < -0.3 is 4.74 Å². The van der Waals surface area contributed by atoms with Gasteiger partial charge in [-0.2, -0.15) is 0 Å². The zero-order valence-corrected chi connectivity index (χ0v) is 6.98. The molecule has 0 N–H and O–H groups in total. The monoisotopic (exact) mass is 241 g/mol. The number of ether oxygens (including phenoxy) is 1. The molecule has 0 spiro atoms. The number of hydrogen-bond donors (Lipinski definition) is 0. The van der Waals surface area contributed by atoms with Gasteiger partial charge in [-0.1, -0.05) is 11.3 Å². The van der Waals surface area contributed by atoms with E-state index in [9.17, 15) is 0 Å². The molecule has 0 bridgehead atoms. The summed E-state index contributed by atoms with van der Waals surface area (Å²) < 4.78 is 5.78. The second-order valence-electron chi connectivity index (χ2n) is 1.07. The van der Waals surface area contributed by atoms with Gasteiger partial charge >= 0.3 is 0 Å². The van der Waals surface area contributed by atoms with Crippen molar-refractivity contribution < 1.29 is 4.74 Å². The highest BCUT2D eigenvalue weighted by molar-refractivity contribution is 14.1. The molecule has 44 valence electrons. The molecule has 1 rings (SSSR count). The average Bonchev–Trinajstić information content (AvgIpc) is 2.19. The molecule has 0 amide bonds. The van der Waals surface area contributed by atoms with Crippen LogP contribution in [0.1, 0.15) is 0 Å². The van der Waals surface area contributed by atoms with Gasteiger partial charge in [0.25, 0.3) is 0 Å². The third kappa shape index (κ3) is 1.59. The van der Waals surface area contributed by atoms with Crippen LogP contribution in [0.2, 0.25) is 0 Å². The standard InChI is InChI=1S/C4H4INOS/c5-2-7-4-1-6-3-8-4/h1,3H,2H2. The van der Waals surface area contributed by atoms with Crippen LogP contribution in [0.15, 0.2) is 11.7 Å². The van der Waals surface area contributed by atoms with Gasteiger partial charge in [0.05, 0.1) is 11.7 Å². The molecular formula is C4H4INOS. The lowest BCUT2D eigenvalue weighted by Crippen LogP contribution is -1.82. The lowest BCUT2D eigenvalue weighted by Gasteiger charge is -1.91. The Balaban J connectivity index is 2.50. The number of nitrogens with zero attached hydrogens (tertiary/aromatic N) is 1. The molecule has 0 radical (unpaired) electrons. The van der Waals surface area contributed by atoms with Crippen LogP contribution in [0.3, 0.4) is 0 Å². The molecule has 1 aromatic rings. The van der Waals surface area contributed by atoms with Crippen molar-refractivity contribution in [2.24, 2.45) is 0 Å². The Bertz CT molecular complexity index is 142. The zero-order chi connectivity index (χ0) is 5.82. The van der Waals surface area contributed by atoms with Gasteiger partial charge in [-0.15, -0.1) is 0 Å². The summed E-state index contributed by atoms with van der Waals surface area (Å²) in [5.41, 5.74) is 1.75. The van der Waals surface area contributed by atoms with Gasteiger partial charge in [-0.25, -0.2) is 4.98 Å². The van der Waals surface area contributed by atoms with Crippen molar-refractivity contribution in [2.75, 3.05) is 4.61 Å². The smallest absolute Gasteiger partial charge is 0.194 e. The molecule has 0 aliphatic rings.